The van der Waals surface area contributed by atoms with Gasteiger partial charge in [0.1, 0.15) is 5.75 Å². The molecule has 1 aromatic heterocycles. The van der Waals surface area contributed by atoms with Crippen molar-refractivity contribution >= 4 is 41.3 Å². The van der Waals surface area contributed by atoms with Gasteiger partial charge in [-0.3, -0.25) is 4.99 Å². The molecule has 2 rings (SSSR count). The van der Waals surface area contributed by atoms with Crippen LogP contribution in [0.25, 0.3) is 0 Å². The van der Waals surface area contributed by atoms with Crippen molar-refractivity contribution in [3.63, 3.8) is 0 Å². The maximum absolute atomic E-state index is 5.74. The van der Waals surface area contributed by atoms with Crippen LogP contribution in [0.4, 0.5) is 0 Å². The molecule has 0 spiro atoms. The van der Waals surface area contributed by atoms with Crippen molar-refractivity contribution in [3.8, 4) is 5.75 Å². The molecule has 0 aliphatic carbocycles. The number of guanidine groups is 1. The first-order valence-corrected chi connectivity index (χ1v) is 10.0. The lowest BCUT2D eigenvalue weighted by Gasteiger charge is -2.18. The van der Waals surface area contributed by atoms with Crippen LogP contribution in [-0.4, -0.2) is 24.6 Å². The fraction of sp³-hybridized carbons (Fsp3) is 0.500. The molecule has 0 radical (unpaired) electrons. The first kappa shape index (κ1) is 23.7. The Labute approximate surface area is 184 Å². The van der Waals surface area contributed by atoms with E-state index >= 15 is 0 Å². The standard InChI is InChI=1S/C20H30N4OS.HI/c1-6-19-24-17(13-26-19)11-22-20(21-5)23-15(4)16-7-9-18(10-8-16)25-12-14(2)3;/h7-10,13-15H,6,11-12H2,1-5H3,(H2,21,22,23);1H. The number of benzene rings is 1. The molecule has 150 valence electrons. The van der Waals surface area contributed by atoms with Crippen LogP contribution in [0.3, 0.4) is 0 Å². The van der Waals surface area contributed by atoms with E-state index in [4.69, 9.17) is 4.74 Å². The van der Waals surface area contributed by atoms with Crippen LogP contribution in [0.1, 0.15) is 50.0 Å². The van der Waals surface area contributed by atoms with E-state index < -0.39 is 0 Å². The quantitative estimate of drug-likeness (QED) is 0.310. The summed E-state index contributed by atoms with van der Waals surface area (Å²) in [6.07, 6.45) is 0.978. The summed E-state index contributed by atoms with van der Waals surface area (Å²) in [4.78, 5) is 8.88. The van der Waals surface area contributed by atoms with E-state index in [1.807, 2.05) is 12.1 Å². The molecular weight excluding hydrogens is 471 g/mol. The number of hydrogen-bond donors (Lipinski definition) is 2. The average molecular weight is 502 g/mol. The SMILES string of the molecule is CCc1nc(CNC(=NC)NC(C)c2ccc(OCC(C)C)cc2)cs1.I. The molecule has 1 heterocycles. The van der Waals surface area contributed by atoms with Gasteiger partial charge in [-0.1, -0.05) is 32.9 Å². The Balaban J connectivity index is 0.00000364. The lowest BCUT2D eigenvalue weighted by molar-refractivity contribution is 0.271. The average Bonchev–Trinajstić information content (AvgIpc) is 3.11. The lowest BCUT2D eigenvalue weighted by atomic mass is 10.1. The monoisotopic (exact) mass is 502 g/mol. The van der Waals surface area contributed by atoms with Gasteiger partial charge >= 0.3 is 0 Å². The first-order valence-electron chi connectivity index (χ1n) is 9.15. The predicted molar refractivity (Wildman–Crippen MR) is 125 cm³/mol. The Morgan fingerprint density at radius 1 is 1.22 bits per heavy atom. The number of ether oxygens (including phenoxy) is 1. The topological polar surface area (TPSA) is 58.5 Å². The molecule has 0 amide bonds. The van der Waals surface area contributed by atoms with E-state index in [9.17, 15) is 0 Å². The van der Waals surface area contributed by atoms with Crippen molar-refractivity contribution in [2.75, 3.05) is 13.7 Å². The highest BCUT2D eigenvalue weighted by Crippen LogP contribution is 2.18. The Morgan fingerprint density at radius 3 is 2.48 bits per heavy atom. The first-order chi connectivity index (χ1) is 12.5. The number of aryl methyl sites for hydroxylation is 1. The number of aromatic nitrogens is 1. The molecule has 1 unspecified atom stereocenters. The van der Waals surface area contributed by atoms with Crippen LogP contribution in [0.2, 0.25) is 0 Å². The van der Waals surface area contributed by atoms with Crippen LogP contribution < -0.4 is 15.4 Å². The minimum absolute atomic E-state index is 0. The molecule has 1 aromatic carbocycles. The van der Waals surface area contributed by atoms with Gasteiger partial charge in [-0.2, -0.15) is 0 Å². The third-order valence-electron chi connectivity index (χ3n) is 3.88. The number of nitrogens with one attached hydrogen (secondary N) is 2. The smallest absolute Gasteiger partial charge is 0.191 e. The summed E-state index contributed by atoms with van der Waals surface area (Å²) in [5.74, 6) is 2.20. The van der Waals surface area contributed by atoms with Crippen molar-refractivity contribution in [2.24, 2.45) is 10.9 Å². The van der Waals surface area contributed by atoms with Gasteiger partial charge in [-0.25, -0.2) is 4.98 Å². The Kier molecular flexibility index (Phi) is 10.7. The number of nitrogens with zero attached hydrogens (tertiary/aromatic N) is 2. The van der Waals surface area contributed by atoms with Crippen LogP contribution in [-0.2, 0) is 13.0 Å². The van der Waals surface area contributed by atoms with E-state index in [1.165, 1.54) is 5.56 Å². The van der Waals surface area contributed by atoms with Gasteiger partial charge in [0.25, 0.3) is 0 Å². The molecule has 0 saturated heterocycles. The van der Waals surface area contributed by atoms with Crippen molar-refractivity contribution < 1.29 is 4.74 Å². The summed E-state index contributed by atoms with van der Waals surface area (Å²) < 4.78 is 5.74. The van der Waals surface area contributed by atoms with Gasteiger partial charge in [-0.15, -0.1) is 35.3 Å². The normalized spacial score (nSPS) is 12.4. The highest BCUT2D eigenvalue weighted by Gasteiger charge is 2.09. The second-order valence-corrected chi connectivity index (χ2v) is 7.59. The third-order valence-corrected chi connectivity index (χ3v) is 4.92. The van der Waals surface area contributed by atoms with Gasteiger partial charge in [0.15, 0.2) is 5.96 Å². The zero-order valence-corrected chi connectivity index (χ0v) is 19.9. The molecule has 0 fully saturated rings. The maximum atomic E-state index is 5.74. The summed E-state index contributed by atoms with van der Waals surface area (Å²) in [6, 6.07) is 8.37. The van der Waals surface area contributed by atoms with Gasteiger partial charge in [0.2, 0.25) is 0 Å². The van der Waals surface area contributed by atoms with E-state index in [1.54, 1.807) is 18.4 Å². The molecule has 2 aromatic rings. The third kappa shape index (κ3) is 8.04. The fourth-order valence-electron chi connectivity index (χ4n) is 2.37. The Morgan fingerprint density at radius 2 is 1.93 bits per heavy atom. The van der Waals surface area contributed by atoms with Crippen molar-refractivity contribution in [1.82, 2.24) is 15.6 Å². The predicted octanol–water partition coefficient (Wildman–Crippen LogP) is 4.78. The van der Waals surface area contributed by atoms with Gasteiger partial charge in [-0.05, 0) is 37.0 Å². The molecule has 1 atom stereocenters. The fourth-order valence-corrected chi connectivity index (χ4v) is 3.11. The van der Waals surface area contributed by atoms with Crippen molar-refractivity contribution in [1.29, 1.82) is 0 Å². The van der Waals surface area contributed by atoms with E-state index in [0.717, 1.165) is 35.4 Å². The molecule has 0 aliphatic heterocycles. The Bertz CT molecular complexity index is 700. The second kappa shape index (κ2) is 12.2. The van der Waals surface area contributed by atoms with Gasteiger partial charge in [0.05, 0.1) is 29.9 Å². The zero-order chi connectivity index (χ0) is 18.9. The minimum atomic E-state index is 0. The maximum Gasteiger partial charge on any atom is 0.191 e. The second-order valence-electron chi connectivity index (χ2n) is 6.65. The van der Waals surface area contributed by atoms with Crippen LogP contribution in [0.15, 0.2) is 34.6 Å². The number of aliphatic imine (C=N–C) groups is 1. The highest BCUT2D eigenvalue weighted by molar-refractivity contribution is 14.0. The summed E-state index contributed by atoms with van der Waals surface area (Å²) in [6.45, 7) is 9.94. The van der Waals surface area contributed by atoms with E-state index in [2.05, 4.69) is 65.8 Å². The summed E-state index contributed by atoms with van der Waals surface area (Å²) in [5.41, 5.74) is 2.24. The molecule has 0 aliphatic rings. The molecular formula is C20H31IN4OS. The summed E-state index contributed by atoms with van der Waals surface area (Å²) in [7, 11) is 1.78. The molecule has 0 bridgehead atoms. The highest BCUT2D eigenvalue weighted by atomic mass is 127. The molecule has 0 saturated carbocycles. The lowest BCUT2D eigenvalue weighted by Crippen LogP contribution is -2.38. The van der Waals surface area contributed by atoms with E-state index in [0.29, 0.717) is 12.5 Å². The molecule has 27 heavy (non-hydrogen) atoms. The Hall–Kier alpha value is -1.35. The van der Waals surface area contributed by atoms with Crippen LogP contribution in [0, 0.1) is 5.92 Å². The zero-order valence-electron chi connectivity index (χ0n) is 16.8. The number of halogens is 1. The summed E-state index contributed by atoms with van der Waals surface area (Å²) >= 11 is 1.70. The number of rotatable bonds is 8. The van der Waals surface area contributed by atoms with Crippen molar-refractivity contribution in [3.05, 3.63) is 45.9 Å². The largest absolute Gasteiger partial charge is 0.493 e. The molecule has 5 nitrogen and oxygen atoms in total. The summed E-state index contributed by atoms with van der Waals surface area (Å²) in [5, 5.41) is 10.0. The number of thiazole rings is 1. The molecule has 2 N–H and O–H groups in total. The van der Waals surface area contributed by atoms with Gasteiger partial charge < -0.3 is 15.4 Å². The molecule has 7 heteroatoms. The van der Waals surface area contributed by atoms with Crippen LogP contribution in [0.5, 0.6) is 5.75 Å². The van der Waals surface area contributed by atoms with Crippen LogP contribution >= 0.6 is 35.3 Å². The minimum Gasteiger partial charge on any atom is -0.493 e. The van der Waals surface area contributed by atoms with E-state index in [-0.39, 0.29) is 30.0 Å². The van der Waals surface area contributed by atoms with Crippen molar-refractivity contribution in [2.45, 2.75) is 46.7 Å². The van der Waals surface area contributed by atoms with Gasteiger partial charge in [0, 0.05) is 12.4 Å². The number of hydrogen-bond acceptors (Lipinski definition) is 4.